The van der Waals surface area contributed by atoms with E-state index in [1.165, 1.54) is 0 Å². The van der Waals surface area contributed by atoms with Gasteiger partial charge in [0.25, 0.3) is 0 Å². The maximum atomic E-state index is 12.2. The van der Waals surface area contributed by atoms with Crippen LogP contribution in [0.2, 0.25) is 0 Å². The SMILES string of the molecule is CC(C)OCc1ccccc1CNC(=O)CCc1nnc(-c2ccccc2)o1. The molecule has 0 bridgehead atoms. The number of rotatable bonds is 9. The minimum atomic E-state index is -0.0564. The van der Waals surface area contributed by atoms with Gasteiger partial charge in [-0.25, -0.2) is 0 Å². The van der Waals surface area contributed by atoms with Gasteiger partial charge in [-0.1, -0.05) is 42.5 Å². The second-order valence-electron chi connectivity index (χ2n) is 6.77. The highest BCUT2D eigenvalue weighted by Gasteiger charge is 2.11. The second-order valence-corrected chi connectivity index (χ2v) is 6.77. The van der Waals surface area contributed by atoms with E-state index in [1.807, 2.05) is 68.4 Å². The minimum absolute atomic E-state index is 0.0564. The maximum Gasteiger partial charge on any atom is 0.247 e. The number of nitrogens with zero attached hydrogens (tertiary/aromatic N) is 2. The van der Waals surface area contributed by atoms with Gasteiger partial charge in [-0.3, -0.25) is 4.79 Å². The van der Waals surface area contributed by atoms with Crippen LogP contribution < -0.4 is 5.32 Å². The zero-order valence-electron chi connectivity index (χ0n) is 16.2. The largest absolute Gasteiger partial charge is 0.421 e. The molecule has 0 spiro atoms. The average molecular weight is 379 g/mol. The van der Waals surface area contributed by atoms with E-state index in [2.05, 4.69) is 15.5 Å². The number of hydrogen-bond donors (Lipinski definition) is 1. The molecule has 0 unspecified atom stereocenters. The summed E-state index contributed by atoms with van der Waals surface area (Å²) in [6.07, 6.45) is 0.864. The van der Waals surface area contributed by atoms with Crippen molar-refractivity contribution in [1.82, 2.24) is 15.5 Å². The first-order valence-corrected chi connectivity index (χ1v) is 9.44. The highest BCUT2D eigenvalue weighted by Crippen LogP contribution is 2.17. The molecule has 146 valence electrons. The summed E-state index contributed by atoms with van der Waals surface area (Å²) in [7, 11) is 0. The van der Waals surface area contributed by atoms with Gasteiger partial charge in [-0.05, 0) is 37.1 Å². The quantitative estimate of drug-likeness (QED) is 0.610. The number of benzene rings is 2. The van der Waals surface area contributed by atoms with Gasteiger partial charge in [-0.2, -0.15) is 0 Å². The number of aryl methyl sites for hydroxylation is 1. The Bertz CT molecular complexity index is 891. The van der Waals surface area contributed by atoms with Crippen LogP contribution in [-0.2, 0) is 29.1 Å². The van der Waals surface area contributed by atoms with E-state index in [-0.39, 0.29) is 12.0 Å². The van der Waals surface area contributed by atoms with Crippen LogP contribution in [0.4, 0.5) is 0 Å². The number of carbonyl (C=O) groups excluding carboxylic acids is 1. The van der Waals surface area contributed by atoms with Crippen molar-refractivity contribution in [2.24, 2.45) is 0 Å². The van der Waals surface area contributed by atoms with Crippen molar-refractivity contribution >= 4 is 5.91 Å². The van der Waals surface area contributed by atoms with E-state index in [4.69, 9.17) is 9.15 Å². The fourth-order valence-electron chi connectivity index (χ4n) is 2.68. The van der Waals surface area contributed by atoms with E-state index in [0.29, 0.717) is 37.8 Å². The van der Waals surface area contributed by atoms with Crippen LogP contribution in [0.15, 0.2) is 59.0 Å². The standard InChI is InChI=1S/C22H25N3O3/c1-16(2)27-15-19-11-7-6-10-18(19)14-23-20(26)12-13-21-24-25-22(28-21)17-8-4-3-5-9-17/h3-11,16H,12-15H2,1-2H3,(H,23,26). The molecular weight excluding hydrogens is 354 g/mol. The lowest BCUT2D eigenvalue weighted by Gasteiger charge is -2.12. The molecule has 1 amide bonds. The molecule has 2 aromatic carbocycles. The van der Waals surface area contributed by atoms with Gasteiger partial charge in [0.15, 0.2) is 0 Å². The highest BCUT2D eigenvalue weighted by molar-refractivity contribution is 5.76. The lowest BCUT2D eigenvalue weighted by Crippen LogP contribution is -2.23. The van der Waals surface area contributed by atoms with Crippen LogP contribution in [0.25, 0.3) is 11.5 Å². The van der Waals surface area contributed by atoms with Crippen molar-refractivity contribution in [2.75, 3.05) is 0 Å². The van der Waals surface area contributed by atoms with Crippen LogP contribution >= 0.6 is 0 Å². The Hall–Kier alpha value is -2.99. The maximum absolute atomic E-state index is 12.2. The van der Waals surface area contributed by atoms with Crippen LogP contribution in [0.5, 0.6) is 0 Å². The summed E-state index contributed by atoms with van der Waals surface area (Å²) in [6.45, 7) is 5.01. The Kier molecular flexibility index (Phi) is 6.92. The van der Waals surface area contributed by atoms with Crippen LogP contribution in [0.3, 0.4) is 0 Å². The third-order valence-corrected chi connectivity index (χ3v) is 4.22. The topological polar surface area (TPSA) is 77.2 Å². The predicted octanol–water partition coefficient (Wildman–Crippen LogP) is 3.91. The number of hydrogen-bond acceptors (Lipinski definition) is 5. The molecule has 0 saturated heterocycles. The fraction of sp³-hybridized carbons (Fsp3) is 0.318. The Labute approximate surface area is 164 Å². The minimum Gasteiger partial charge on any atom is -0.421 e. The third kappa shape index (κ3) is 5.76. The summed E-state index contributed by atoms with van der Waals surface area (Å²) >= 11 is 0. The van der Waals surface area contributed by atoms with Gasteiger partial charge >= 0.3 is 0 Å². The molecule has 6 heteroatoms. The molecule has 0 fully saturated rings. The Balaban J connectivity index is 1.49. The van der Waals surface area contributed by atoms with Crippen molar-refractivity contribution in [2.45, 2.75) is 45.9 Å². The normalized spacial score (nSPS) is 11.0. The number of ether oxygens (including phenoxy) is 1. The van der Waals surface area contributed by atoms with Crippen molar-refractivity contribution in [3.8, 4) is 11.5 Å². The average Bonchev–Trinajstić information content (AvgIpc) is 3.19. The molecule has 3 rings (SSSR count). The molecule has 0 aliphatic carbocycles. The van der Waals surface area contributed by atoms with E-state index in [1.54, 1.807) is 0 Å². The van der Waals surface area contributed by atoms with Gasteiger partial charge < -0.3 is 14.5 Å². The van der Waals surface area contributed by atoms with Crippen LogP contribution in [-0.4, -0.2) is 22.2 Å². The van der Waals surface area contributed by atoms with Crippen LogP contribution in [0, 0.1) is 0 Å². The van der Waals surface area contributed by atoms with E-state index in [9.17, 15) is 4.79 Å². The summed E-state index contributed by atoms with van der Waals surface area (Å²) in [4.78, 5) is 12.2. The molecule has 1 aromatic heterocycles. The number of aromatic nitrogens is 2. The number of amides is 1. The molecule has 0 aliphatic heterocycles. The molecule has 1 N–H and O–H groups in total. The first-order chi connectivity index (χ1) is 13.6. The number of nitrogens with one attached hydrogen (secondary N) is 1. The number of carbonyl (C=O) groups is 1. The first-order valence-electron chi connectivity index (χ1n) is 9.44. The lowest BCUT2D eigenvalue weighted by molar-refractivity contribution is -0.121. The molecule has 0 aliphatic rings. The zero-order chi connectivity index (χ0) is 19.8. The van der Waals surface area contributed by atoms with Crippen molar-refractivity contribution < 1.29 is 13.9 Å². The van der Waals surface area contributed by atoms with Gasteiger partial charge in [-0.15, -0.1) is 10.2 Å². The van der Waals surface area contributed by atoms with Gasteiger partial charge in [0, 0.05) is 24.9 Å². The van der Waals surface area contributed by atoms with Crippen molar-refractivity contribution in [3.63, 3.8) is 0 Å². The highest BCUT2D eigenvalue weighted by atomic mass is 16.5. The van der Waals surface area contributed by atoms with Crippen molar-refractivity contribution in [1.29, 1.82) is 0 Å². The molecule has 0 atom stereocenters. The summed E-state index contributed by atoms with van der Waals surface area (Å²) in [6, 6.07) is 17.5. The lowest BCUT2D eigenvalue weighted by atomic mass is 10.1. The fourth-order valence-corrected chi connectivity index (χ4v) is 2.68. The Morgan fingerprint density at radius 3 is 2.50 bits per heavy atom. The van der Waals surface area contributed by atoms with E-state index < -0.39 is 0 Å². The summed E-state index contributed by atoms with van der Waals surface area (Å²) < 4.78 is 11.3. The van der Waals surface area contributed by atoms with E-state index in [0.717, 1.165) is 16.7 Å². The molecule has 0 radical (unpaired) electrons. The molecule has 28 heavy (non-hydrogen) atoms. The van der Waals surface area contributed by atoms with E-state index >= 15 is 0 Å². The van der Waals surface area contributed by atoms with Gasteiger partial charge in [0.2, 0.25) is 17.7 Å². The van der Waals surface area contributed by atoms with Crippen molar-refractivity contribution in [3.05, 3.63) is 71.6 Å². The first kappa shape index (κ1) is 19.8. The summed E-state index contributed by atoms with van der Waals surface area (Å²) in [5.41, 5.74) is 3.01. The Morgan fingerprint density at radius 2 is 1.75 bits per heavy atom. The van der Waals surface area contributed by atoms with Gasteiger partial charge in [0.1, 0.15) is 0 Å². The monoisotopic (exact) mass is 379 g/mol. The molecule has 0 saturated carbocycles. The zero-order valence-corrected chi connectivity index (χ0v) is 16.2. The molecular formula is C22H25N3O3. The Morgan fingerprint density at radius 1 is 1.04 bits per heavy atom. The van der Waals surface area contributed by atoms with Crippen LogP contribution in [0.1, 0.15) is 37.3 Å². The van der Waals surface area contributed by atoms with Gasteiger partial charge in [0.05, 0.1) is 12.7 Å². The predicted molar refractivity (Wildman–Crippen MR) is 106 cm³/mol. The smallest absolute Gasteiger partial charge is 0.247 e. The summed E-state index contributed by atoms with van der Waals surface area (Å²) in [5.74, 6) is 0.869. The summed E-state index contributed by atoms with van der Waals surface area (Å²) in [5, 5.41) is 11.0. The molecule has 3 aromatic rings. The molecule has 1 heterocycles. The second kappa shape index (κ2) is 9.80. The molecule has 6 nitrogen and oxygen atoms in total. The third-order valence-electron chi connectivity index (χ3n) is 4.22.